The van der Waals surface area contributed by atoms with Crippen LogP contribution in [0.3, 0.4) is 0 Å². The number of hydrogen-bond acceptors (Lipinski definition) is 6. The summed E-state index contributed by atoms with van der Waals surface area (Å²) >= 11 is 0. The Labute approximate surface area is 110 Å². The molecular weight excluding hydrogens is 246 g/mol. The lowest BCUT2D eigenvalue weighted by molar-refractivity contribution is 0.359. The molecule has 1 fully saturated rings. The summed E-state index contributed by atoms with van der Waals surface area (Å²) in [5.41, 5.74) is 0.760. The lowest BCUT2D eigenvalue weighted by Gasteiger charge is -2.03. The van der Waals surface area contributed by atoms with E-state index in [9.17, 15) is 5.11 Å². The molecule has 0 aliphatic carbocycles. The van der Waals surface area contributed by atoms with E-state index in [4.69, 9.17) is 9.26 Å². The molecule has 0 saturated carbocycles. The van der Waals surface area contributed by atoms with Gasteiger partial charge in [0.15, 0.2) is 11.5 Å². The first kappa shape index (κ1) is 12.0. The summed E-state index contributed by atoms with van der Waals surface area (Å²) in [5, 5.41) is 16.8. The summed E-state index contributed by atoms with van der Waals surface area (Å²) < 4.78 is 10.4. The Bertz CT molecular complexity index is 576. The minimum atomic E-state index is 0.0926. The molecule has 2 heterocycles. The zero-order valence-corrected chi connectivity index (χ0v) is 10.6. The van der Waals surface area contributed by atoms with Gasteiger partial charge in [-0.15, -0.1) is 0 Å². The third kappa shape index (κ3) is 2.26. The molecule has 1 aliphatic rings. The first-order valence-corrected chi connectivity index (χ1v) is 6.19. The molecule has 100 valence electrons. The van der Waals surface area contributed by atoms with Crippen molar-refractivity contribution in [3.63, 3.8) is 0 Å². The van der Waals surface area contributed by atoms with Gasteiger partial charge in [0.2, 0.25) is 11.7 Å². The summed E-state index contributed by atoms with van der Waals surface area (Å²) in [6.45, 7) is 1.86. The molecule has 2 N–H and O–H groups in total. The molecular formula is C13H15N3O3. The van der Waals surface area contributed by atoms with Crippen LogP contribution in [0.4, 0.5) is 0 Å². The van der Waals surface area contributed by atoms with Crippen molar-refractivity contribution in [1.29, 1.82) is 0 Å². The number of phenols is 1. The van der Waals surface area contributed by atoms with E-state index in [1.165, 1.54) is 7.11 Å². The van der Waals surface area contributed by atoms with Crippen LogP contribution in [-0.2, 0) is 0 Å². The number of hydrogen-bond donors (Lipinski definition) is 2. The molecule has 19 heavy (non-hydrogen) atoms. The molecule has 0 bridgehead atoms. The van der Waals surface area contributed by atoms with Crippen molar-refractivity contribution in [2.24, 2.45) is 0 Å². The van der Waals surface area contributed by atoms with Crippen LogP contribution in [-0.4, -0.2) is 35.4 Å². The topological polar surface area (TPSA) is 80.4 Å². The minimum absolute atomic E-state index is 0.0926. The third-order valence-electron chi connectivity index (χ3n) is 3.29. The fourth-order valence-corrected chi connectivity index (χ4v) is 2.20. The summed E-state index contributed by atoms with van der Waals surface area (Å²) in [7, 11) is 1.50. The molecule has 1 aromatic heterocycles. The summed E-state index contributed by atoms with van der Waals surface area (Å²) in [5.74, 6) is 1.95. The van der Waals surface area contributed by atoms with Crippen LogP contribution >= 0.6 is 0 Å². The van der Waals surface area contributed by atoms with E-state index < -0.39 is 0 Å². The van der Waals surface area contributed by atoms with E-state index in [1.54, 1.807) is 18.2 Å². The summed E-state index contributed by atoms with van der Waals surface area (Å²) in [6, 6.07) is 4.98. The standard InChI is InChI=1S/C13H15N3O3/c1-18-11-6-8(2-3-10(11)17)12-15-13(19-16-12)9-4-5-14-7-9/h2-3,6,9,14,17H,4-5,7H2,1H3. The van der Waals surface area contributed by atoms with E-state index >= 15 is 0 Å². The molecule has 3 rings (SSSR count). The third-order valence-corrected chi connectivity index (χ3v) is 3.29. The molecule has 1 atom stereocenters. The number of aromatic nitrogens is 2. The van der Waals surface area contributed by atoms with Gasteiger partial charge in [-0.05, 0) is 31.2 Å². The Balaban J connectivity index is 1.89. The number of rotatable bonds is 3. The molecule has 6 nitrogen and oxygen atoms in total. The van der Waals surface area contributed by atoms with Crippen molar-refractivity contribution < 1.29 is 14.4 Å². The van der Waals surface area contributed by atoms with Gasteiger partial charge in [-0.2, -0.15) is 4.98 Å². The second kappa shape index (κ2) is 4.89. The van der Waals surface area contributed by atoms with Gasteiger partial charge in [0.1, 0.15) is 0 Å². The highest BCUT2D eigenvalue weighted by molar-refractivity contribution is 5.60. The second-order valence-corrected chi connectivity index (χ2v) is 4.53. The molecule has 1 aliphatic heterocycles. The van der Waals surface area contributed by atoms with Crippen molar-refractivity contribution in [3.8, 4) is 22.9 Å². The number of nitrogens with zero attached hydrogens (tertiary/aromatic N) is 2. The predicted molar refractivity (Wildman–Crippen MR) is 68.2 cm³/mol. The van der Waals surface area contributed by atoms with Gasteiger partial charge in [-0.25, -0.2) is 0 Å². The average Bonchev–Trinajstić information content (AvgIpc) is 3.10. The fraction of sp³-hybridized carbons (Fsp3) is 0.385. The highest BCUT2D eigenvalue weighted by Crippen LogP contribution is 2.31. The molecule has 0 amide bonds. The first-order chi connectivity index (χ1) is 9.28. The zero-order valence-electron chi connectivity index (χ0n) is 10.6. The smallest absolute Gasteiger partial charge is 0.231 e. The van der Waals surface area contributed by atoms with Crippen molar-refractivity contribution >= 4 is 0 Å². The van der Waals surface area contributed by atoms with Gasteiger partial charge in [-0.1, -0.05) is 5.16 Å². The van der Waals surface area contributed by atoms with E-state index in [0.29, 0.717) is 23.4 Å². The number of aromatic hydroxyl groups is 1. The molecule has 0 spiro atoms. The maximum Gasteiger partial charge on any atom is 0.231 e. The Morgan fingerprint density at radius 1 is 1.47 bits per heavy atom. The van der Waals surface area contributed by atoms with Gasteiger partial charge in [0, 0.05) is 12.1 Å². The van der Waals surface area contributed by atoms with Crippen LogP contribution in [0.25, 0.3) is 11.4 Å². The van der Waals surface area contributed by atoms with E-state index in [-0.39, 0.29) is 5.75 Å². The number of benzene rings is 1. The maximum atomic E-state index is 9.56. The minimum Gasteiger partial charge on any atom is -0.504 e. The molecule has 1 saturated heterocycles. The highest BCUT2D eigenvalue weighted by atomic mass is 16.5. The Morgan fingerprint density at radius 2 is 2.37 bits per heavy atom. The molecule has 2 aromatic rings. The second-order valence-electron chi connectivity index (χ2n) is 4.53. The Morgan fingerprint density at radius 3 is 3.11 bits per heavy atom. The largest absolute Gasteiger partial charge is 0.504 e. The predicted octanol–water partition coefficient (Wildman–Crippen LogP) is 1.53. The van der Waals surface area contributed by atoms with E-state index in [0.717, 1.165) is 25.1 Å². The van der Waals surface area contributed by atoms with Crippen LogP contribution in [0.1, 0.15) is 18.2 Å². The quantitative estimate of drug-likeness (QED) is 0.872. The lowest BCUT2D eigenvalue weighted by atomic mass is 10.1. The normalized spacial score (nSPS) is 18.7. The van der Waals surface area contributed by atoms with Gasteiger partial charge in [0.25, 0.3) is 0 Å². The Kier molecular flexibility index (Phi) is 3.08. The number of phenolic OH excluding ortho intramolecular Hbond substituents is 1. The first-order valence-electron chi connectivity index (χ1n) is 6.19. The number of nitrogens with one attached hydrogen (secondary N) is 1. The van der Waals surface area contributed by atoms with Crippen molar-refractivity contribution in [2.45, 2.75) is 12.3 Å². The van der Waals surface area contributed by atoms with Gasteiger partial charge in [-0.3, -0.25) is 0 Å². The Hall–Kier alpha value is -2.08. The van der Waals surface area contributed by atoms with Crippen molar-refractivity contribution in [1.82, 2.24) is 15.5 Å². The lowest BCUT2D eigenvalue weighted by Crippen LogP contribution is -2.08. The van der Waals surface area contributed by atoms with E-state index in [1.807, 2.05) is 0 Å². The number of ether oxygens (including phenoxy) is 1. The van der Waals surface area contributed by atoms with Gasteiger partial charge >= 0.3 is 0 Å². The molecule has 6 heteroatoms. The van der Waals surface area contributed by atoms with E-state index in [2.05, 4.69) is 15.5 Å². The molecule has 1 unspecified atom stereocenters. The van der Waals surface area contributed by atoms with Gasteiger partial charge in [0.05, 0.1) is 13.0 Å². The van der Waals surface area contributed by atoms with Crippen LogP contribution in [0.5, 0.6) is 11.5 Å². The summed E-state index contributed by atoms with van der Waals surface area (Å²) in [4.78, 5) is 4.41. The molecule has 0 radical (unpaired) electrons. The van der Waals surface area contributed by atoms with Crippen LogP contribution in [0.2, 0.25) is 0 Å². The zero-order chi connectivity index (χ0) is 13.2. The number of methoxy groups -OCH3 is 1. The SMILES string of the molecule is COc1cc(-c2noc(C3CCNC3)n2)ccc1O. The van der Waals surface area contributed by atoms with Crippen molar-refractivity contribution in [3.05, 3.63) is 24.1 Å². The van der Waals surface area contributed by atoms with Crippen LogP contribution in [0, 0.1) is 0 Å². The highest BCUT2D eigenvalue weighted by Gasteiger charge is 2.23. The maximum absolute atomic E-state index is 9.56. The summed E-state index contributed by atoms with van der Waals surface area (Å²) in [6.07, 6.45) is 1.01. The van der Waals surface area contributed by atoms with Crippen LogP contribution in [0.15, 0.2) is 22.7 Å². The molecule has 1 aromatic carbocycles. The van der Waals surface area contributed by atoms with Crippen LogP contribution < -0.4 is 10.1 Å². The average molecular weight is 261 g/mol. The monoisotopic (exact) mass is 261 g/mol. The van der Waals surface area contributed by atoms with Gasteiger partial charge < -0.3 is 19.7 Å². The van der Waals surface area contributed by atoms with Crippen molar-refractivity contribution in [2.75, 3.05) is 20.2 Å². The fourth-order valence-electron chi connectivity index (χ4n) is 2.20.